The summed E-state index contributed by atoms with van der Waals surface area (Å²) in [4.78, 5) is 22.7. The Morgan fingerprint density at radius 1 is 1.29 bits per heavy atom. The number of likely N-dealkylation sites (tertiary alicyclic amines) is 1. The highest BCUT2D eigenvalue weighted by Gasteiger charge is 2.43. The molecule has 7 nitrogen and oxygen atoms in total. The van der Waals surface area contributed by atoms with Gasteiger partial charge in [-0.3, -0.25) is 9.69 Å². The van der Waals surface area contributed by atoms with E-state index in [0.717, 1.165) is 32.0 Å². The molecule has 3 aliphatic rings. The summed E-state index contributed by atoms with van der Waals surface area (Å²) in [5.74, 6) is -2.14. The van der Waals surface area contributed by atoms with Gasteiger partial charge < -0.3 is 15.1 Å². The van der Waals surface area contributed by atoms with Crippen LogP contribution >= 0.6 is 0 Å². The zero-order valence-electron chi connectivity index (χ0n) is 15.7. The average Bonchev–Trinajstić information content (AvgIpc) is 3.34. The molecule has 0 aliphatic carbocycles. The van der Waals surface area contributed by atoms with Gasteiger partial charge in [0.05, 0.1) is 24.2 Å². The summed E-state index contributed by atoms with van der Waals surface area (Å²) in [5.41, 5.74) is 0.598. The second-order valence-electron chi connectivity index (χ2n) is 7.75. The highest BCUT2D eigenvalue weighted by Crippen LogP contribution is 2.28. The van der Waals surface area contributed by atoms with Crippen LogP contribution in [0.25, 0.3) is 0 Å². The minimum absolute atomic E-state index is 0.141. The number of nitrogens with zero attached hydrogens (tertiary/aromatic N) is 5. The van der Waals surface area contributed by atoms with E-state index in [0.29, 0.717) is 18.5 Å². The van der Waals surface area contributed by atoms with Gasteiger partial charge in [-0.2, -0.15) is 5.26 Å². The quantitative estimate of drug-likeness (QED) is 0.818. The van der Waals surface area contributed by atoms with E-state index >= 15 is 0 Å². The molecule has 0 bridgehead atoms. The number of piperazine rings is 1. The van der Waals surface area contributed by atoms with Crippen molar-refractivity contribution in [2.75, 3.05) is 50.7 Å². The van der Waals surface area contributed by atoms with Crippen molar-refractivity contribution in [3.8, 4) is 6.07 Å². The standard InChI is InChI=1S/C19H24F2N6O/c20-19(21)2-4-27(13-19)18(28)16-10-15(12-24-16)25-5-7-26(8-6-25)17-9-14(11-22)1-3-23-17/h1,3,9,15-16,24H,2,4-8,10,12-13H2/t15-,16-/m0/s1. The van der Waals surface area contributed by atoms with Crippen molar-refractivity contribution >= 4 is 11.7 Å². The zero-order chi connectivity index (χ0) is 19.7. The predicted octanol–water partition coefficient (Wildman–Crippen LogP) is 0.673. The molecule has 3 saturated heterocycles. The van der Waals surface area contributed by atoms with Crippen molar-refractivity contribution in [1.82, 2.24) is 20.1 Å². The molecule has 0 aromatic carbocycles. The molecule has 0 spiro atoms. The van der Waals surface area contributed by atoms with Gasteiger partial charge in [0, 0.05) is 57.9 Å². The molecule has 0 unspecified atom stereocenters. The van der Waals surface area contributed by atoms with Gasteiger partial charge in [-0.1, -0.05) is 0 Å². The van der Waals surface area contributed by atoms with Crippen LogP contribution in [0.1, 0.15) is 18.4 Å². The summed E-state index contributed by atoms with van der Waals surface area (Å²) in [6.07, 6.45) is 2.07. The molecular formula is C19H24F2N6O. The number of anilines is 1. The van der Waals surface area contributed by atoms with Gasteiger partial charge in [0.1, 0.15) is 5.82 Å². The number of aromatic nitrogens is 1. The van der Waals surface area contributed by atoms with E-state index in [9.17, 15) is 13.6 Å². The lowest BCUT2D eigenvalue weighted by Gasteiger charge is -2.38. The van der Waals surface area contributed by atoms with Gasteiger partial charge in [0.25, 0.3) is 5.92 Å². The lowest BCUT2D eigenvalue weighted by molar-refractivity contribution is -0.133. The Labute approximate surface area is 162 Å². The highest BCUT2D eigenvalue weighted by molar-refractivity contribution is 5.82. The van der Waals surface area contributed by atoms with Gasteiger partial charge in [-0.25, -0.2) is 13.8 Å². The number of nitrogens with one attached hydrogen (secondary N) is 1. The molecule has 28 heavy (non-hydrogen) atoms. The normalized spacial score (nSPS) is 27.8. The van der Waals surface area contributed by atoms with Crippen LogP contribution in [0, 0.1) is 11.3 Å². The summed E-state index contributed by atoms with van der Waals surface area (Å²) < 4.78 is 26.8. The highest BCUT2D eigenvalue weighted by atomic mass is 19.3. The first-order chi connectivity index (χ1) is 13.4. The second-order valence-corrected chi connectivity index (χ2v) is 7.75. The second kappa shape index (κ2) is 7.60. The molecule has 4 rings (SSSR count). The molecular weight excluding hydrogens is 366 g/mol. The van der Waals surface area contributed by atoms with E-state index in [1.54, 1.807) is 18.3 Å². The van der Waals surface area contributed by atoms with E-state index < -0.39 is 12.5 Å². The Kier molecular flexibility index (Phi) is 5.17. The Hall–Kier alpha value is -2.31. The fraction of sp³-hybridized carbons (Fsp3) is 0.632. The lowest BCUT2D eigenvalue weighted by Crippen LogP contribution is -2.51. The van der Waals surface area contributed by atoms with Crippen molar-refractivity contribution < 1.29 is 13.6 Å². The van der Waals surface area contributed by atoms with Gasteiger partial charge in [-0.15, -0.1) is 0 Å². The van der Waals surface area contributed by atoms with E-state index in [-0.39, 0.29) is 31.0 Å². The summed E-state index contributed by atoms with van der Waals surface area (Å²) in [7, 11) is 0. The number of carbonyl (C=O) groups is 1. The maximum Gasteiger partial charge on any atom is 0.267 e. The number of carbonyl (C=O) groups excluding carboxylic acids is 1. The molecule has 2 atom stereocenters. The molecule has 1 amide bonds. The molecule has 3 aliphatic heterocycles. The summed E-state index contributed by atoms with van der Waals surface area (Å²) in [5, 5.41) is 12.3. The molecule has 1 aromatic rings. The number of rotatable bonds is 3. The van der Waals surface area contributed by atoms with E-state index in [2.05, 4.69) is 26.2 Å². The van der Waals surface area contributed by atoms with Crippen LogP contribution in [0.15, 0.2) is 18.3 Å². The number of amides is 1. The molecule has 0 saturated carbocycles. The summed E-state index contributed by atoms with van der Waals surface area (Å²) in [6.45, 7) is 3.67. The molecule has 150 valence electrons. The minimum Gasteiger partial charge on any atom is -0.354 e. The summed E-state index contributed by atoms with van der Waals surface area (Å²) in [6, 6.07) is 5.49. The van der Waals surface area contributed by atoms with Crippen LogP contribution in [0.2, 0.25) is 0 Å². The van der Waals surface area contributed by atoms with Gasteiger partial charge in [0.15, 0.2) is 0 Å². The fourth-order valence-corrected chi connectivity index (χ4v) is 4.30. The van der Waals surface area contributed by atoms with Crippen LogP contribution in [0.5, 0.6) is 0 Å². The zero-order valence-corrected chi connectivity index (χ0v) is 15.7. The third-order valence-corrected chi connectivity index (χ3v) is 5.92. The number of nitriles is 1. The Balaban J connectivity index is 1.29. The van der Waals surface area contributed by atoms with Gasteiger partial charge in [0.2, 0.25) is 5.91 Å². The Bertz CT molecular complexity index is 774. The van der Waals surface area contributed by atoms with Gasteiger partial charge in [-0.05, 0) is 18.6 Å². The van der Waals surface area contributed by atoms with Crippen LogP contribution < -0.4 is 10.2 Å². The van der Waals surface area contributed by atoms with E-state index in [1.165, 1.54) is 4.90 Å². The van der Waals surface area contributed by atoms with Crippen molar-refractivity contribution in [2.45, 2.75) is 30.8 Å². The summed E-state index contributed by atoms with van der Waals surface area (Å²) >= 11 is 0. The lowest BCUT2D eigenvalue weighted by atomic mass is 10.1. The molecule has 4 heterocycles. The Morgan fingerprint density at radius 2 is 2.07 bits per heavy atom. The SMILES string of the molecule is N#Cc1ccnc(N2CCN([C@@H]3CN[C@H](C(=O)N4CCC(F)(F)C4)C3)CC2)c1. The molecule has 3 fully saturated rings. The molecule has 0 radical (unpaired) electrons. The van der Waals surface area contributed by atoms with Crippen LogP contribution in [-0.2, 0) is 4.79 Å². The van der Waals surface area contributed by atoms with Gasteiger partial charge >= 0.3 is 0 Å². The molecule has 9 heteroatoms. The average molecular weight is 390 g/mol. The predicted molar refractivity (Wildman–Crippen MR) is 99.1 cm³/mol. The third kappa shape index (κ3) is 3.93. The monoisotopic (exact) mass is 390 g/mol. The number of hydrogen-bond donors (Lipinski definition) is 1. The smallest absolute Gasteiger partial charge is 0.267 e. The number of hydrogen-bond acceptors (Lipinski definition) is 6. The van der Waals surface area contributed by atoms with E-state index in [4.69, 9.17) is 5.26 Å². The van der Waals surface area contributed by atoms with Crippen molar-refractivity contribution in [3.63, 3.8) is 0 Å². The van der Waals surface area contributed by atoms with Crippen LogP contribution in [0.3, 0.4) is 0 Å². The largest absolute Gasteiger partial charge is 0.354 e. The first-order valence-electron chi connectivity index (χ1n) is 9.70. The minimum atomic E-state index is -2.75. The van der Waals surface area contributed by atoms with Crippen LogP contribution in [0.4, 0.5) is 14.6 Å². The maximum absolute atomic E-state index is 13.4. The number of pyridine rings is 1. The number of halogens is 2. The van der Waals surface area contributed by atoms with E-state index in [1.807, 2.05) is 0 Å². The van der Waals surface area contributed by atoms with Crippen molar-refractivity contribution in [2.24, 2.45) is 0 Å². The maximum atomic E-state index is 13.4. The fourth-order valence-electron chi connectivity index (χ4n) is 4.30. The topological polar surface area (TPSA) is 75.5 Å². The molecule has 1 N–H and O–H groups in total. The van der Waals surface area contributed by atoms with Crippen molar-refractivity contribution in [1.29, 1.82) is 5.26 Å². The first-order valence-corrected chi connectivity index (χ1v) is 9.70. The van der Waals surface area contributed by atoms with Crippen molar-refractivity contribution in [3.05, 3.63) is 23.9 Å². The first kappa shape index (κ1) is 19.0. The molecule has 1 aromatic heterocycles. The third-order valence-electron chi connectivity index (χ3n) is 5.92. The number of alkyl halides is 2. The Morgan fingerprint density at radius 3 is 2.75 bits per heavy atom. The van der Waals surface area contributed by atoms with Crippen LogP contribution in [-0.4, -0.2) is 84.5 Å².